The minimum Gasteiger partial charge on any atom is -0.508 e. The number of carbonyl (C=O) groups excluding carboxylic acids is 1. The number of phenolic OH excluding ortho intramolecular Hbond substituents is 1. The zero-order valence-electron chi connectivity index (χ0n) is 12.0. The molecule has 4 nitrogen and oxygen atoms in total. The topological polar surface area (TPSA) is 66.6 Å². The van der Waals surface area contributed by atoms with Crippen molar-refractivity contribution in [3.63, 3.8) is 0 Å². The standard InChI is InChI=1S/C15H24N2O2/c1-4-5-11(2)17(3)15(19)14(16)10-12-6-8-13(18)9-7-12/h6-9,11,14,18H,4-5,10,16H2,1-3H3. The van der Waals surface area contributed by atoms with E-state index in [0.717, 1.165) is 18.4 Å². The van der Waals surface area contributed by atoms with Gasteiger partial charge in [-0.15, -0.1) is 0 Å². The number of carbonyl (C=O) groups is 1. The van der Waals surface area contributed by atoms with Crippen LogP contribution in [0.15, 0.2) is 24.3 Å². The highest BCUT2D eigenvalue weighted by molar-refractivity contribution is 5.82. The molecule has 2 unspecified atom stereocenters. The molecule has 106 valence electrons. The van der Waals surface area contributed by atoms with Crippen molar-refractivity contribution in [2.45, 2.75) is 45.2 Å². The molecule has 19 heavy (non-hydrogen) atoms. The molecule has 2 atom stereocenters. The van der Waals surface area contributed by atoms with E-state index in [2.05, 4.69) is 6.92 Å². The molecular weight excluding hydrogens is 240 g/mol. The second-order valence-corrected chi connectivity index (χ2v) is 5.06. The SMILES string of the molecule is CCCC(C)N(C)C(=O)C(N)Cc1ccc(O)cc1. The van der Waals surface area contributed by atoms with E-state index in [1.54, 1.807) is 36.2 Å². The molecule has 0 aliphatic heterocycles. The molecule has 0 fully saturated rings. The average Bonchev–Trinajstić information content (AvgIpc) is 2.39. The summed E-state index contributed by atoms with van der Waals surface area (Å²) in [5.74, 6) is 0.186. The molecule has 4 heteroatoms. The lowest BCUT2D eigenvalue weighted by Crippen LogP contribution is -2.46. The minimum absolute atomic E-state index is 0.0333. The Morgan fingerprint density at radius 2 is 1.95 bits per heavy atom. The van der Waals surface area contributed by atoms with Crippen LogP contribution in [0.4, 0.5) is 0 Å². The molecule has 0 aliphatic carbocycles. The Kier molecular flexibility index (Phi) is 5.83. The van der Waals surface area contributed by atoms with Crippen molar-refractivity contribution < 1.29 is 9.90 Å². The number of hydrogen-bond acceptors (Lipinski definition) is 3. The second kappa shape index (κ2) is 7.14. The van der Waals surface area contributed by atoms with Crippen LogP contribution in [0.3, 0.4) is 0 Å². The van der Waals surface area contributed by atoms with Crippen LogP contribution in [0.1, 0.15) is 32.3 Å². The van der Waals surface area contributed by atoms with Gasteiger partial charge in [-0.2, -0.15) is 0 Å². The summed E-state index contributed by atoms with van der Waals surface area (Å²) in [6.45, 7) is 4.14. The Morgan fingerprint density at radius 3 is 2.47 bits per heavy atom. The second-order valence-electron chi connectivity index (χ2n) is 5.06. The maximum atomic E-state index is 12.2. The number of rotatable bonds is 6. The highest BCUT2D eigenvalue weighted by Crippen LogP contribution is 2.12. The van der Waals surface area contributed by atoms with Crippen LogP contribution in [-0.2, 0) is 11.2 Å². The predicted octanol–water partition coefficient (Wildman–Crippen LogP) is 1.91. The van der Waals surface area contributed by atoms with Gasteiger partial charge in [-0.3, -0.25) is 4.79 Å². The Bertz CT molecular complexity index is 403. The number of benzene rings is 1. The first kappa shape index (κ1) is 15.5. The number of phenols is 1. The number of likely N-dealkylation sites (N-methyl/N-ethyl adjacent to an activating group) is 1. The fourth-order valence-corrected chi connectivity index (χ4v) is 2.06. The summed E-state index contributed by atoms with van der Waals surface area (Å²) >= 11 is 0. The van der Waals surface area contributed by atoms with Crippen LogP contribution in [-0.4, -0.2) is 35.0 Å². The lowest BCUT2D eigenvalue weighted by Gasteiger charge is -2.27. The molecule has 0 aromatic heterocycles. The van der Waals surface area contributed by atoms with Crippen molar-refractivity contribution in [2.75, 3.05) is 7.05 Å². The maximum Gasteiger partial charge on any atom is 0.239 e. The van der Waals surface area contributed by atoms with Crippen LogP contribution in [0.2, 0.25) is 0 Å². The number of nitrogens with zero attached hydrogens (tertiary/aromatic N) is 1. The molecule has 1 rings (SSSR count). The molecule has 0 saturated heterocycles. The Labute approximate surface area is 115 Å². The zero-order valence-corrected chi connectivity index (χ0v) is 12.0. The van der Waals surface area contributed by atoms with Gasteiger partial charge >= 0.3 is 0 Å². The Balaban J connectivity index is 2.59. The van der Waals surface area contributed by atoms with E-state index in [9.17, 15) is 9.90 Å². The van der Waals surface area contributed by atoms with Crippen molar-refractivity contribution in [3.05, 3.63) is 29.8 Å². The predicted molar refractivity (Wildman–Crippen MR) is 76.9 cm³/mol. The largest absolute Gasteiger partial charge is 0.508 e. The van der Waals surface area contributed by atoms with Crippen LogP contribution >= 0.6 is 0 Å². The van der Waals surface area contributed by atoms with Crippen molar-refractivity contribution in [3.8, 4) is 5.75 Å². The number of nitrogens with two attached hydrogens (primary N) is 1. The summed E-state index contributed by atoms with van der Waals surface area (Å²) in [6.07, 6.45) is 2.52. The lowest BCUT2D eigenvalue weighted by molar-refractivity contribution is -0.133. The molecule has 0 spiro atoms. The number of amides is 1. The first-order valence-electron chi connectivity index (χ1n) is 6.75. The molecule has 1 aromatic rings. The number of hydrogen-bond donors (Lipinski definition) is 2. The maximum absolute atomic E-state index is 12.2. The van der Waals surface area contributed by atoms with E-state index in [0.29, 0.717) is 6.42 Å². The van der Waals surface area contributed by atoms with E-state index in [-0.39, 0.29) is 17.7 Å². The van der Waals surface area contributed by atoms with Gasteiger partial charge in [0, 0.05) is 13.1 Å². The fraction of sp³-hybridized carbons (Fsp3) is 0.533. The van der Waals surface area contributed by atoms with E-state index in [4.69, 9.17) is 5.73 Å². The molecule has 1 aromatic carbocycles. The summed E-state index contributed by atoms with van der Waals surface area (Å²) in [4.78, 5) is 13.9. The molecular formula is C15H24N2O2. The molecule has 0 aliphatic rings. The van der Waals surface area contributed by atoms with Gasteiger partial charge in [0.05, 0.1) is 6.04 Å². The lowest BCUT2D eigenvalue weighted by atomic mass is 10.0. The van der Waals surface area contributed by atoms with Crippen LogP contribution < -0.4 is 5.73 Å². The third-order valence-electron chi connectivity index (χ3n) is 3.42. The minimum atomic E-state index is -0.533. The van der Waals surface area contributed by atoms with Crippen molar-refractivity contribution in [1.82, 2.24) is 4.90 Å². The van der Waals surface area contributed by atoms with Crippen molar-refractivity contribution >= 4 is 5.91 Å². The Morgan fingerprint density at radius 1 is 1.37 bits per heavy atom. The normalized spacial score (nSPS) is 13.9. The molecule has 0 saturated carbocycles. The van der Waals surface area contributed by atoms with E-state index < -0.39 is 6.04 Å². The Hall–Kier alpha value is -1.55. The average molecular weight is 264 g/mol. The third kappa shape index (κ3) is 4.56. The summed E-state index contributed by atoms with van der Waals surface area (Å²) in [5.41, 5.74) is 6.92. The van der Waals surface area contributed by atoms with E-state index in [1.165, 1.54) is 0 Å². The van der Waals surface area contributed by atoms with Gasteiger partial charge in [0.2, 0.25) is 5.91 Å². The van der Waals surface area contributed by atoms with Gasteiger partial charge in [-0.1, -0.05) is 25.5 Å². The van der Waals surface area contributed by atoms with Crippen LogP contribution in [0.5, 0.6) is 5.75 Å². The van der Waals surface area contributed by atoms with Gasteiger partial charge in [0.25, 0.3) is 0 Å². The van der Waals surface area contributed by atoms with E-state index in [1.807, 2.05) is 6.92 Å². The highest BCUT2D eigenvalue weighted by Gasteiger charge is 2.21. The smallest absolute Gasteiger partial charge is 0.239 e. The third-order valence-corrected chi connectivity index (χ3v) is 3.42. The van der Waals surface area contributed by atoms with E-state index >= 15 is 0 Å². The summed E-state index contributed by atoms with van der Waals surface area (Å²) in [5, 5.41) is 9.21. The number of aromatic hydroxyl groups is 1. The van der Waals surface area contributed by atoms with Gasteiger partial charge in [-0.25, -0.2) is 0 Å². The first-order chi connectivity index (χ1) is 8.95. The molecule has 0 radical (unpaired) electrons. The molecule has 0 bridgehead atoms. The quantitative estimate of drug-likeness (QED) is 0.824. The van der Waals surface area contributed by atoms with Crippen molar-refractivity contribution in [2.24, 2.45) is 5.73 Å². The molecule has 3 N–H and O–H groups in total. The monoisotopic (exact) mass is 264 g/mol. The van der Waals surface area contributed by atoms with Crippen LogP contribution in [0, 0.1) is 0 Å². The van der Waals surface area contributed by atoms with Crippen LogP contribution in [0.25, 0.3) is 0 Å². The van der Waals surface area contributed by atoms with Crippen molar-refractivity contribution in [1.29, 1.82) is 0 Å². The van der Waals surface area contributed by atoms with Gasteiger partial charge in [0.15, 0.2) is 0 Å². The summed E-state index contributed by atoms with van der Waals surface area (Å²) < 4.78 is 0. The van der Waals surface area contributed by atoms with Gasteiger partial charge in [0.1, 0.15) is 5.75 Å². The zero-order chi connectivity index (χ0) is 14.4. The van der Waals surface area contributed by atoms with Gasteiger partial charge < -0.3 is 15.7 Å². The first-order valence-corrected chi connectivity index (χ1v) is 6.75. The molecule has 0 heterocycles. The summed E-state index contributed by atoms with van der Waals surface area (Å²) in [7, 11) is 1.80. The molecule has 1 amide bonds. The fourth-order valence-electron chi connectivity index (χ4n) is 2.06. The highest BCUT2D eigenvalue weighted by atomic mass is 16.3. The van der Waals surface area contributed by atoms with Gasteiger partial charge in [-0.05, 0) is 37.5 Å². The summed E-state index contributed by atoms with van der Waals surface area (Å²) in [6, 6.07) is 6.47.